The highest BCUT2D eigenvalue weighted by molar-refractivity contribution is 7.14. The number of aryl methyl sites for hydroxylation is 1. The second-order valence-corrected chi connectivity index (χ2v) is 6.97. The Hall–Kier alpha value is -1.40. The maximum absolute atomic E-state index is 13.7. The van der Waals surface area contributed by atoms with Crippen molar-refractivity contribution >= 4 is 11.3 Å². The van der Waals surface area contributed by atoms with Crippen LogP contribution in [0.3, 0.4) is 0 Å². The van der Waals surface area contributed by atoms with Gasteiger partial charge in [0.1, 0.15) is 16.6 Å². The second-order valence-electron chi connectivity index (χ2n) is 5.91. The summed E-state index contributed by atoms with van der Waals surface area (Å²) in [6, 6.07) is 3.36. The lowest BCUT2D eigenvalue weighted by molar-refractivity contribution is 0.422. The molecule has 2 aromatic rings. The third-order valence-corrected chi connectivity index (χ3v) is 3.86. The maximum atomic E-state index is 13.7. The van der Waals surface area contributed by atoms with Crippen molar-refractivity contribution in [1.82, 2.24) is 15.5 Å². The summed E-state index contributed by atoms with van der Waals surface area (Å²) in [7, 11) is 0. The lowest BCUT2D eigenvalue weighted by atomic mass is 10.1. The highest BCUT2D eigenvalue weighted by Gasteiger charge is 2.13. The molecule has 2 rings (SSSR count). The predicted molar refractivity (Wildman–Crippen MR) is 81.3 cm³/mol. The quantitative estimate of drug-likeness (QED) is 0.853. The number of hydrogen-bond acceptors (Lipinski definition) is 4. The van der Waals surface area contributed by atoms with Gasteiger partial charge in [-0.05, 0) is 51.9 Å². The van der Waals surface area contributed by atoms with Crippen LogP contribution in [0.4, 0.5) is 8.78 Å². The van der Waals surface area contributed by atoms with E-state index in [2.05, 4.69) is 36.3 Å². The van der Waals surface area contributed by atoms with Crippen LogP contribution < -0.4 is 5.32 Å². The molecular weight excluding hydrogens is 292 g/mol. The van der Waals surface area contributed by atoms with Gasteiger partial charge in [0.25, 0.3) is 0 Å². The highest BCUT2D eigenvalue weighted by Crippen LogP contribution is 2.27. The molecule has 114 valence electrons. The van der Waals surface area contributed by atoms with Crippen molar-refractivity contribution in [1.29, 1.82) is 0 Å². The number of hydrogen-bond donors (Lipinski definition) is 1. The van der Waals surface area contributed by atoms with Gasteiger partial charge in [-0.3, -0.25) is 0 Å². The Morgan fingerprint density at radius 1 is 1.19 bits per heavy atom. The van der Waals surface area contributed by atoms with E-state index < -0.39 is 11.6 Å². The van der Waals surface area contributed by atoms with Gasteiger partial charge in [0, 0.05) is 12.0 Å². The summed E-state index contributed by atoms with van der Waals surface area (Å²) >= 11 is 1.31. The molecule has 0 bridgehead atoms. The molecule has 1 N–H and O–H groups in total. The fourth-order valence-corrected chi connectivity index (χ4v) is 2.73. The number of rotatable bonds is 5. The van der Waals surface area contributed by atoms with Crippen molar-refractivity contribution in [2.45, 2.75) is 39.2 Å². The van der Waals surface area contributed by atoms with Crippen molar-refractivity contribution in [2.75, 3.05) is 6.54 Å². The molecular formula is C15H19F2N3S. The van der Waals surface area contributed by atoms with Gasteiger partial charge < -0.3 is 5.32 Å². The third kappa shape index (κ3) is 4.82. The van der Waals surface area contributed by atoms with Gasteiger partial charge in [0.05, 0.1) is 5.56 Å². The average molecular weight is 311 g/mol. The Labute approximate surface area is 127 Å². The third-order valence-electron chi connectivity index (χ3n) is 2.85. The molecule has 0 amide bonds. The lowest BCUT2D eigenvalue weighted by Crippen LogP contribution is -2.36. The van der Waals surface area contributed by atoms with Crippen LogP contribution in [-0.2, 0) is 6.42 Å². The molecule has 6 heteroatoms. The zero-order valence-corrected chi connectivity index (χ0v) is 13.2. The van der Waals surface area contributed by atoms with Crippen molar-refractivity contribution in [3.63, 3.8) is 0 Å². The largest absolute Gasteiger partial charge is 0.312 e. The first-order valence-corrected chi connectivity index (χ1v) is 7.70. The Bertz CT molecular complexity index is 605. The van der Waals surface area contributed by atoms with Gasteiger partial charge in [-0.25, -0.2) is 8.78 Å². The van der Waals surface area contributed by atoms with Crippen LogP contribution in [0, 0.1) is 11.6 Å². The molecule has 0 aliphatic carbocycles. The summed E-state index contributed by atoms with van der Waals surface area (Å²) < 4.78 is 26.8. The van der Waals surface area contributed by atoms with Gasteiger partial charge in [0.2, 0.25) is 0 Å². The molecule has 0 saturated heterocycles. The van der Waals surface area contributed by atoms with E-state index in [1.807, 2.05) is 0 Å². The molecule has 0 saturated carbocycles. The summed E-state index contributed by atoms with van der Waals surface area (Å²) in [6.45, 7) is 7.22. The average Bonchev–Trinajstić information content (AvgIpc) is 2.85. The Balaban J connectivity index is 1.97. The summed E-state index contributed by atoms with van der Waals surface area (Å²) in [5.74, 6) is -0.953. The molecule has 1 aromatic carbocycles. The van der Waals surface area contributed by atoms with E-state index in [-0.39, 0.29) is 11.1 Å². The zero-order chi connectivity index (χ0) is 15.5. The van der Waals surface area contributed by atoms with E-state index in [1.165, 1.54) is 11.3 Å². The molecule has 0 spiro atoms. The standard InChI is InChI=1S/C15H19F2N3S/c1-15(2,3)18-8-4-5-13-19-20-14(21-13)11-9-10(16)6-7-12(11)17/h6-7,9,18H,4-5,8H2,1-3H3. The fourth-order valence-electron chi connectivity index (χ4n) is 1.83. The SMILES string of the molecule is CC(C)(C)NCCCc1nnc(-c2cc(F)ccc2F)s1. The Morgan fingerprint density at radius 2 is 1.95 bits per heavy atom. The zero-order valence-electron chi connectivity index (χ0n) is 12.4. The molecule has 0 radical (unpaired) electrons. The number of benzene rings is 1. The van der Waals surface area contributed by atoms with Crippen LogP contribution in [0.15, 0.2) is 18.2 Å². The summed E-state index contributed by atoms with van der Waals surface area (Å²) in [4.78, 5) is 0. The molecule has 3 nitrogen and oxygen atoms in total. The lowest BCUT2D eigenvalue weighted by Gasteiger charge is -2.20. The minimum atomic E-state index is -0.478. The smallest absolute Gasteiger partial charge is 0.150 e. The number of aromatic nitrogens is 2. The first-order chi connectivity index (χ1) is 9.85. The summed E-state index contributed by atoms with van der Waals surface area (Å²) in [5.41, 5.74) is 0.267. The minimum absolute atomic E-state index is 0.0942. The van der Waals surface area contributed by atoms with Crippen molar-refractivity contribution in [3.05, 3.63) is 34.8 Å². The molecule has 0 unspecified atom stereocenters. The molecule has 1 heterocycles. The molecule has 0 atom stereocenters. The summed E-state index contributed by atoms with van der Waals surface area (Å²) in [6.07, 6.45) is 1.70. The van der Waals surface area contributed by atoms with E-state index >= 15 is 0 Å². The molecule has 0 fully saturated rings. The van der Waals surface area contributed by atoms with E-state index in [0.29, 0.717) is 5.01 Å². The topological polar surface area (TPSA) is 37.8 Å². The Morgan fingerprint density at radius 3 is 2.67 bits per heavy atom. The van der Waals surface area contributed by atoms with Crippen molar-refractivity contribution < 1.29 is 8.78 Å². The van der Waals surface area contributed by atoms with Crippen LogP contribution in [0.2, 0.25) is 0 Å². The second kappa shape index (κ2) is 6.58. The normalized spacial score (nSPS) is 11.9. The van der Waals surface area contributed by atoms with E-state index in [1.54, 1.807) is 0 Å². The van der Waals surface area contributed by atoms with Crippen molar-refractivity contribution in [2.24, 2.45) is 0 Å². The van der Waals surface area contributed by atoms with Crippen LogP contribution in [0.1, 0.15) is 32.2 Å². The van der Waals surface area contributed by atoms with Crippen molar-refractivity contribution in [3.8, 4) is 10.6 Å². The van der Waals surface area contributed by atoms with Gasteiger partial charge >= 0.3 is 0 Å². The molecule has 0 aliphatic rings. The fraction of sp³-hybridized carbons (Fsp3) is 0.467. The van der Waals surface area contributed by atoms with Gasteiger partial charge in [-0.15, -0.1) is 10.2 Å². The first-order valence-electron chi connectivity index (χ1n) is 6.88. The van der Waals surface area contributed by atoms with E-state index in [4.69, 9.17) is 0 Å². The van der Waals surface area contributed by atoms with Crippen LogP contribution in [0.5, 0.6) is 0 Å². The Kier molecular flexibility index (Phi) is 5.00. The van der Waals surface area contributed by atoms with E-state index in [0.717, 1.165) is 42.6 Å². The van der Waals surface area contributed by atoms with Gasteiger partial charge in [0.15, 0.2) is 5.01 Å². The van der Waals surface area contributed by atoms with Gasteiger partial charge in [-0.2, -0.15) is 0 Å². The number of nitrogens with one attached hydrogen (secondary N) is 1. The van der Waals surface area contributed by atoms with Crippen LogP contribution in [0.25, 0.3) is 10.6 Å². The predicted octanol–water partition coefficient (Wildman–Crippen LogP) is 3.80. The minimum Gasteiger partial charge on any atom is -0.312 e. The van der Waals surface area contributed by atoms with Crippen LogP contribution >= 0.6 is 11.3 Å². The van der Waals surface area contributed by atoms with E-state index in [9.17, 15) is 8.78 Å². The molecule has 0 aliphatic heterocycles. The summed E-state index contributed by atoms with van der Waals surface area (Å²) in [5, 5.41) is 12.7. The monoisotopic (exact) mass is 311 g/mol. The first kappa shape index (κ1) is 16.0. The molecule has 1 aromatic heterocycles. The van der Waals surface area contributed by atoms with Crippen LogP contribution in [-0.4, -0.2) is 22.3 Å². The molecule has 21 heavy (non-hydrogen) atoms. The highest BCUT2D eigenvalue weighted by atomic mass is 32.1. The maximum Gasteiger partial charge on any atom is 0.150 e. The van der Waals surface area contributed by atoms with Gasteiger partial charge in [-0.1, -0.05) is 11.3 Å². The number of nitrogens with zero attached hydrogens (tertiary/aromatic N) is 2. The number of halogens is 2.